The van der Waals surface area contributed by atoms with Crippen molar-refractivity contribution < 1.29 is 4.39 Å². The van der Waals surface area contributed by atoms with Crippen LogP contribution in [0.3, 0.4) is 0 Å². The minimum atomic E-state index is -0.379. The molecule has 0 N–H and O–H groups in total. The molecule has 0 amide bonds. The average Bonchev–Trinajstić information content (AvgIpc) is 2.77. The summed E-state index contributed by atoms with van der Waals surface area (Å²) in [7, 11) is 0. The molecular weight excluding hydrogens is 401 g/mol. The van der Waals surface area contributed by atoms with E-state index in [0.717, 1.165) is 0 Å². The molecule has 1 aromatic heterocycles. The largest absolute Gasteiger partial charge is 0.294 e. The Morgan fingerprint density at radius 1 is 1.19 bits per heavy atom. The van der Waals surface area contributed by atoms with Gasteiger partial charge >= 0.3 is 0 Å². The van der Waals surface area contributed by atoms with E-state index in [0.29, 0.717) is 37.1 Å². The van der Waals surface area contributed by atoms with Gasteiger partial charge in [0.15, 0.2) is 0 Å². The molecule has 0 radical (unpaired) electrons. The molecule has 1 heterocycles. The van der Waals surface area contributed by atoms with Crippen LogP contribution in [-0.4, -0.2) is 9.55 Å². The second-order valence-corrected chi connectivity index (χ2v) is 6.31. The van der Waals surface area contributed by atoms with Gasteiger partial charge in [0.25, 0.3) is 0 Å². The molecule has 0 fully saturated rings. The number of nitrogens with zero attached hydrogens (tertiary/aromatic N) is 2. The lowest BCUT2D eigenvalue weighted by atomic mass is 10.2. The third-order valence-electron chi connectivity index (χ3n) is 3.04. The molecule has 3 rings (SSSR count). The van der Waals surface area contributed by atoms with Crippen LogP contribution in [0.25, 0.3) is 16.7 Å². The molecule has 0 bridgehead atoms. The highest BCUT2D eigenvalue weighted by atomic mass is 79.9. The first kappa shape index (κ1) is 15.1. The summed E-state index contributed by atoms with van der Waals surface area (Å²) >= 11 is 21.3. The number of alkyl halides is 1. The molecule has 2 nitrogen and oxygen atoms in total. The zero-order valence-electron chi connectivity index (χ0n) is 10.4. The molecule has 2 aromatic carbocycles. The van der Waals surface area contributed by atoms with Crippen LogP contribution in [-0.2, 0) is 5.88 Å². The number of halogens is 5. The summed E-state index contributed by atoms with van der Waals surface area (Å²) in [5.41, 5.74) is 1.92. The van der Waals surface area contributed by atoms with Gasteiger partial charge in [0.1, 0.15) is 11.6 Å². The van der Waals surface area contributed by atoms with E-state index in [-0.39, 0.29) is 11.7 Å². The van der Waals surface area contributed by atoms with E-state index < -0.39 is 0 Å². The highest BCUT2D eigenvalue weighted by molar-refractivity contribution is 9.10. The number of hydrogen-bond acceptors (Lipinski definition) is 1. The van der Waals surface area contributed by atoms with Crippen LogP contribution in [0.4, 0.5) is 4.39 Å². The van der Waals surface area contributed by atoms with Gasteiger partial charge in [0.2, 0.25) is 0 Å². The van der Waals surface area contributed by atoms with Gasteiger partial charge in [-0.2, -0.15) is 0 Å². The van der Waals surface area contributed by atoms with Crippen molar-refractivity contribution in [3.8, 4) is 5.69 Å². The number of aromatic nitrogens is 2. The van der Waals surface area contributed by atoms with Crippen LogP contribution in [0.5, 0.6) is 0 Å². The Labute approximate surface area is 143 Å². The van der Waals surface area contributed by atoms with Gasteiger partial charge in [-0.25, -0.2) is 9.37 Å². The molecule has 21 heavy (non-hydrogen) atoms. The lowest BCUT2D eigenvalue weighted by molar-refractivity contribution is 0.623. The van der Waals surface area contributed by atoms with E-state index in [9.17, 15) is 4.39 Å². The molecule has 0 aliphatic rings. The van der Waals surface area contributed by atoms with Gasteiger partial charge in [-0.05, 0) is 40.2 Å². The van der Waals surface area contributed by atoms with Crippen molar-refractivity contribution in [3.63, 3.8) is 0 Å². The van der Waals surface area contributed by atoms with E-state index in [4.69, 9.17) is 34.8 Å². The van der Waals surface area contributed by atoms with E-state index in [1.165, 1.54) is 6.07 Å². The van der Waals surface area contributed by atoms with Crippen molar-refractivity contribution in [3.05, 3.63) is 56.5 Å². The standard InChI is InChI=1S/C14H7BrCl3FN2/c15-8-4-13-11(5-10(8)19)20-14(6-16)21(13)12-2-1-7(17)3-9(12)18/h1-5H,6H2. The highest BCUT2D eigenvalue weighted by Crippen LogP contribution is 2.31. The van der Waals surface area contributed by atoms with Crippen molar-refractivity contribution in [2.24, 2.45) is 0 Å². The zero-order chi connectivity index (χ0) is 15.1. The topological polar surface area (TPSA) is 17.8 Å². The smallest absolute Gasteiger partial charge is 0.139 e. The molecule has 108 valence electrons. The Kier molecular flexibility index (Phi) is 4.14. The summed E-state index contributed by atoms with van der Waals surface area (Å²) in [5, 5.41) is 1.00. The Balaban J connectivity index is 2.37. The first-order chi connectivity index (χ1) is 10.0. The molecule has 0 aliphatic carbocycles. The van der Waals surface area contributed by atoms with Crippen molar-refractivity contribution in [1.29, 1.82) is 0 Å². The second kappa shape index (κ2) is 5.76. The van der Waals surface area contributed by atoms with Crippen molar-refractivity contribution in [2.75, 3.05) is 0 Å². The molecule has 3 aromatic rings. The SMILES string of the molecule is Fc1cc2nc(CCl)n(-c3ccc(Cl)cc3Cl)c2cc1Br. The predicted octanol–water partition coefficient (Wildman–Crippen LogP) is 5.97. The van der Waals surface area contributed by atoms with Crippen LogP contribution in [0.1, 0.15) is 5.82 Å². The maximum atomic E-state index is 13.7. The number of benzene rings is 2. The van der Waals surface area contributed by atoms with Crippen molar-refractivity contribution in [1.82, 2.24) is 9.55 Å². The summed E-state index contributed by atoms with van der Waals surface area (Å²) in [6.07, 6.45) is 0. The summed E-state index contributed by atoms with van der Waals surface area (Å²) in [5.74, 6) is 0.372. The summed E-state index contributed by atoms with van der Waals surface area (Å²) in [6, 6.07) is 8.15. The van der Waals surface area contributed by atoms with Crippen LogP contribution < -0.4 is 0 Å². The maximum absolute atomic E-state index is 13.7. The van der Waals surface area contributed by atoms with E-state index in [2.05, 4.69) is 20.9 Å². The normalized spacial score (nSPS) is 11.3. The number of fused-ring (bicyclic) bond motifs is 1. The van der Waals surface area contributed by atoms with Gasteiger partial charge in [-0.15, -0.1) is 11.6 Å². The average molecular weight is 408 g/mol. The molecule has 0 unspecified atom stereocenters. The number of hydrogen-bond donors (Lipinski definition) is 0. The minimum absolute atomic E-state index is 0.173. The van der Waals surface area contributed by atoms with Gasteiger partial charge in [0.05, 0.1) is 32.1 Å². The highest BCUT2D eigenvalue weighted by Gasteiger charge is 2.16. The molecule has 0 aliphatic heterocycles. The fourth-order valence-electron chi connectivity index (χ4n) is 2.14. The lowest BCUT2D eigenvalue weighted by Gasteiger charge is -2.10. The molecule has 0 saturated carbocycles. The third-order valence-corrected chi connectivity index (χ3v) is 4.42. The van der Waals surface area contributed by atoms with Gasteiger partial charge < -0.3 is 0 Å². The number of rotatable bonds is 2. The van der Waals surface area contributed by atoms with E-state index >= 15 is 0 Å². The zero-order valence-corrected chi connectivity index (χ0v) is 14.2. The number of imidazole rings is 1. The third kappa shape index (κ3) is 2.66. The molecule has 0 atom stereocenters. The Hall–Kier alpha value is -0.810. The molecular formula is C14H7BrCl3FN2. The Morgan fingerprint density at radius 2 is 1.95 bits per heavy atom. The summed E-state index contributed by atoms with van der Waals surface area (Å²) in [6.45, 7) is 0. The van der Waals surface area contributed by atoms with Gasteiger partial charge in [-0.3, -0.25) is 4.57 Å². The van der Waals surface area contributed by atoms with Gasteiger partial charge in [-0.1, -0.05) is 23.2 Å². The van der Waals surface area contributed by atoms with E-state index in [1.807, 2.05) is 0 Å². The second-order valence-electron chi connectivity index (χ2n) is 4.35. The van der Waals surface area contributed by atoms with Crippen LogP contribution in [0.2, 0.25) is 10.0 Å². The maximum Gasteiger partial charge on any atom is 0.139 e. The molecule has 0 spiro atoms. The van der Waals surface area contributed by atoms with Crippen LogP contribution >= 0.6 is 50.7 Å². The molecule has 0 saturated heterocycles. The monoisotopic (exact) mass is 406 g/mol. The van der Waals surface area contributed by atoms with Crippen LogP contribution in [0, 0.1) is 5.82 Å². The van der Waals surface area contributed by atoms with E-state index in [1.54, 1.807) is 28.8 Å². The molecule has 7 heteroatoms. The quantitative estimate of drug-likeness (QED) is 0.478. The predicted molar refractivity (Wildman–Crippen MR) is 88.3 cm³/mol. The minimum Gasteiger partial charge on any atom is -0.294 e. The van der Waals surface area contributed by atoms with Crippen molar-refractivity contribution >= 4 is 61.8 Å². The summed E-state index contributed by atoms with van der Waals surface area (Å²) < 4.78 is 15.8. The fourth-order valence-corrected chi connectivity index (χ4v) is 3.15. The first-order valence-corrected chi connectivity index (χ1v) is 7.97. The first-order valence-electron chi connectivity index (χ1n) is 5.89. The Bertz CT molecular complexity index is 848. The van der Waals surface area contributed by atoms with Crippen molar-refractivity contribution in [2.45, 2.75) is 5.88 Å². The van der Waals surface area contributed by atoms with Gasteiger partial charge in [0, 0.05) is 11.1 Å². The Morgan fingerprint density at radius 3 is 2.62 bits per heavy atom. The lowest BCUT2D eigenvalue weighted by Crippen LogP contribution is -2.00. The summed E-state index contributed by atoms with van der Waals surface area (Å²) in [4.78, 5) is 4.35. The fraction of sp³-hybridized carbons (Fsp3) is 0.0714. The van der Waals surface area contributed by atoms with Crippen LogP contribution in [0.15, 0.2) is 34.8 Å².